The van der Waals surface area contributed by atoms with Crippen LogP contribution in [0.15, 0.2) is 42.5 Å². The van der Waals surface area contributed by atoms with Gasteiger partial charge in [-0.05, 0) is 59.9 Å². The standard InChI is InChI=1S/C22H27N3O2S/c1-6-19(26)23-17-8-7-9-18(14(17)2)24-21(28)25-20(27)15-10-12-16(13-11-15)22(3,4)5/h7-13H,6H2,1-5H3,(H,23,26)(H2,24,25,27,28). The molecule has 2 aromatic rings. The van der Waals surface area contributed by atoms with Gasteiger partial charge in [-0.3, -0.25) is 14.9 Å². The van der Waals surface area contributed by atoms with Crippen LogP contribution in [0.1, 0.15) is 55.6 Å². The molecule has 0 saturated heterocycles. The van der Waals surface area contributed by atoms with Crippen LogP contribution in [0.25, 0.3) is 0 Å². The third-order valence-corrected chi connectivity index (χ3v) is 4.62. The average molecular weight is 398 g/mol. The number of rotatable bonds is 4. The highest BCUT2D eigenvalue weighted by atomic mass is 32.1. The van der Waals surface area contributed by atoms with Crippen LogP contribution in [-0.4, -0.2) is 16.9 Å². The molecule has 2 rings (SSSR count). The number of carbonyl (C=O) groups is 2. The first-order valence-corrected chi connectivity index (χ1v) is 9.65. The van der Waals surface area contributed by atoms with E-state index in [0.29, 0.717) is 17.7 Å². The lowest BCUT2D eigenvalue weighted by atomic mass is 9.87. The monoisotopic (exact) mass is 397 g/mol. The summed E-state index contributed by atoms with van der Waals surface area (Å²) in [5.41, 5.74) is 4.01. The van der Waals surface area contributed by atoms with E-state index < -0.39 is 0 Å². The maximum Gasteiger partial charge on any atom is 0.257 e. The van der Waals surface area contributed by atoms with Crippen LogP contribution in [0.5, 0.6) is 0 Å². The summed E-state index contributed by atoms with van der Waals surface area (Å²) in [6, 6.07) is 13.0. The van der Waals surface area contributed by atoms with Crippen LogP contribution in [0.3, 0.4) is 0 Å². The molecule has 0 unspecified atom stereocenters. The summed E-state index contributed by atoms with van der Waals surface area (Å²) >= 11 is 5.28. The summed E-state index contributed by atoms with van der Waals surface area (Å²) in [5.74, 6) is -0.333. The second-order valence-corrected chi connectivity index (χ2v) is 8.02. The van der Waals surface area contributed by atoms with E-state index >= 15 is 0 Å². The molecule has 2 aromatic carbocycles. The number of amides is 2. The molecular weight excluding hydrogens is 370 g/mol. The molecule has 0 aromatic heterocycles. The first-order valence-electron chi connectivity index (χ1n) is 9.24. The molecule has 0 spiro atoms. The van der Waals surface area contributed by atoms with Gasteiger partial charge in [-0.15, -0.1) is 0 Å². The second kappa shape index (κ2) is 8.97. The van der Waals surface area contributed by atoms with Crippen molar-refractivity contribution in [3.8, 4) is 0 Å². The maximum absolute atomic E-state index is 12.4. The second-order valence-electron chi connectivity index (χ2n) is 7.62. The van der Waals surface area contributed by atoms with Gasteiger partial charge in [0.15, 0.2) is 5.11 Å². The molecule has 0 aliphatic rings. The Morgan fingerprint density at radius 3 is 2.07 bits per heavy atom. The third kappa shape index (κ3) is 5.63. The van der Waals surface area contributed by atoms with Gasteiger partial charge in [0, 0.05) is 23.4 Å². The van der Waals surface area contributed by atoms with Gasteiger partial charge in [-0.1, -0.05) is 45.9 Å². The van der Waals surface area contributed by atoms with Crippen LogP contribution in [0, 0.1) is 6.92 Å². The molecule has 5 nitrogen and oxygen atoms in total. The van der Waals surface area contributed by atoms with Gasteiger partial charge < -0.3 is 10.6 Å². The molecular formula is C22H27N3O2S. The van der Waals surface area contributed by atoms with Gasteiger partial charge >= 0.3 is 0 Å². The SMILES string of the molecule is CCC(=O)Nc1cccc(NC(=S)NC(=O)c2ccc(C(C)(C)C)cc2)c1C. The highest BCUT2D eigenvalue weighted by Gasteiger charge is 2.15. The molecule has 0 aliphatic heterocycles. The van der Waals surface area contributed by atoms with Crippen LogP contribution in [0.2, 0.25) is 0 Å². The molecule has 0 radical (unpaired) electrons. The van der Waals surface area contributed by atoms with E-state index in [1.54, 1.807) is 19.1 Å². The zero-order chi connectivity index (χ0) is 20.9. The third-order valence-electron chi connectivity index (χ3n) is 4.42. The maximum atomic E-state index is 12.4. The van der Waals surface area contributed by atoms with Crippen LogP contribution >= 0.6 is 12.2 Å². The Labute approximate surface area is 171 Å². The number of benzene rings is 2. The summed E-state index contributed by atoms with van der Waals surface area (Å²) in [5, 5.41) is 8.77. The zero-order valence-corrected chi connectivity index (χ0v) is 17.8. The van der Waals surface area contributed by atoms with Crippen molar-refractivity contribution in [1.29, 1.82) is 0 Å². The van der Waals surface area contributed by atoms with Crippen molar-refractivity contribution >= 4 is 40.5 Å². The molecule has 2 amide bonds. The molecule has 0 aliphatic carbocycles. The average Bonchev–Trinajstić information content (AvgIpc) is 2.64. The number of carbonyl (C=O) groups excluding carboxylic acids is 2. The van der Waals surface area contributed by atoms with Crippen molar-refractivity contribution < 1.29 is 9.59 Å². The Bertz CT molecular complexity index is 884. The normalized spacial score (nSPS) is 10.9. The molecule has 0 heterocycles. The first-order chi connectivity index (χ1) is 13.1. The van der Waals surface area contributed by atoms with Crippen molar-refractivity contribution in [3.63, 3.8) is 0 Å². The number of anilines is 2. The summed E-state index contributed by atoms with van der Waals surface area (Å²) in [6.07, 6.45) is 0.402. The Kier molecular flexibility index (Phi) is 6.91. The highest BCUT2D eigenvalue weighted by molar-refractivity contribution is 7.80. The minimum atomic E-state index is -0.272. The van der Waals surface area contributed by atoms with E-state index in [0.717, 1.165) is 16.8 Å². The largest absolute Gasteiger partial charge is 0.332 e. The molecule has 0 bridgehead atoms. The number of hydrogen-bond donors (Lipinski definition) is 3. The predicted octanol–water partition coefficient (Wildman–Crippen LogP) is 4.77. The van der Waals surface area contributed by atoms with Gasteiger partial charge in [0.1, 0.15) is 0 Å². The van der Waals surface area contributed by atoms with Crippen molar-refractivity contribution in [1.82, 2.24) is 5.32 Å². The summed E-state index contributed by atoms with van der Waals surface area (Å²) < 4.78 is 0. The van der Waals surface area contributed by atoms with E-state index in [2.05, 4.69) is 36.7 Å². The fourth-order valence-corrected chi connectivity index (χ4v) is 2.80. The van der Waals surface area contributed by atoms with Crippen molar-refractivity contribution in [2.75, 3.05) is 10.6 Å². The van der Waals surface area contributed by atoms with E-state index in [-0.39, 0.29) is 22.3 Å². The van der Waals surface area contributed by atoms with Crippen LogP contribution in [0.4, 0.5) is 11.4 Å². The van der Waals surface area contributed by atoms with E-state index in [1.165, 1.54) is 0 Å². The first kappa shape index (κ1) is 21.6. The topological polar surface area (TPSA) is 70.2 Å². The number of thiocarbonyl (C=S) groups is 1. The lowest BCUT2D eigenvalue weighted by Crippen LogP contribution is -2.34. The van der Waals surface area contributed by atoms with Gasteiger partial charge in [-0.2, -0.15) is 0 Å². The molecule has 148 valence electrons. The molecule has 6 heteroatoms. The Morgan fingerprint density at radius 2 is 1.54 bits per heavy atom. The molecule has 0 fully saturated rings. The Balaban J connectivity index is 2.05. The lowest BCUT2D eigenvalue weighted by Gasteiger charge is -2.19. The smallest absolute Gasteiger partial charge is 0.257 e. The number of hydrogen-bond acceptors (Lipinski definition) is 3. The van der Waals surface area contributed by atoms with E-state index in [9.17, 15) is 9.59 Å². The molecule has 0 atom stereocenters. The van der Waals surface area contributed by atoms with Crippen molar-refractivity contribution in [2.45, 2.75) is 46.5 Å². The summed E-state index contributed by atoms with van der Waals surface area (Å²) in [4.78, 5) is 24.1. The lowest BCUT2D eigenvalue weighted by molar-refractivity contribution is -0.115. The van der Waals surface area contributed by atoms with Crippen LogP contribution < -0.4 is 16.0 Å². The predicted molar refractivity (Wildman–Crippen MR) is 119 cm³/mol. The van der Waals surface area contributed by atoms with Crippen molar-refractivity contribution in [2.24, 2.45) is 0 Å². The minimum absolute atomic E-state index is 0.0294. The minimum Gasteiger partial charge on any atom is -0.332 e. The summed E-state index contributed by atoms with van der Waals surface area (Å²) in [6.45, 7) is 10.1. The Hall–Kier alpha value is -2.73. The van der Waals surface area contributed by atoms with E-state index in [4.69, 9.17) is 12.2 Å². The molecule has 3 N–H and O–H groups in total. The van der Waals surface area contributed by atoms with Gasteiger partial charge in [0.25, 0.3) is 5.91 Å². The van der Waals surface area contributed by atoms with Gasteiger partial charge in [-0.25, -0.2) is 0 Å². The molecule has 0 saturated carbocycles. The number of nitrogens with one attached hydrogen (secondary N) is 3. The quantitative estimate of drug-likeness (QED) is 0.650. The van der Waals surface area contributed by atoms with Crippen LogP contribution in [-0.2, 0) is 10.2 Å². The fourth-order valence-electron chi connectivity index (χ4n) is 2.60. The molecule has 28 heavy (non-hydrogen) atoms. The van der Waals surface area contributed by atoms with Crippen molar-refractivity contribution in [3.05, 3.63) is 59.2 Å². The van der Waals surface area contributed by atoms with Gasteiger partial charge in [0.2, 0.25) is 5.91 Å². The zero-order valence-electron chi connectivity index (χ0n) is 17.0. The summed E-state index contributed by atoms with van der Waals surface area (Å²) in [7, 11) is 0. The Morgan fingerprint density at radius 1 is 0.964 bits per heavy atom. The van der Waals surface area contributed by atoms with Gasteiger partial charge in [0.05, 0.1) is 0 Å². The highest BCUT2D eigenvalue weighted by Crippen LogP contribution is 2.24. The fraction of sp³-hybridized carbons (Fsp3) is 0.318. The van der Waals surface area contributed by atoms with E-state index in [1.807, 2.05) is 37.3 Å².